The summed E-state index contributed by atoms with van der Waals surface area (Å²) >= 11 is 0. The van der Waals surface area contributed by atoms with Crippen molar-refractivity contribution in [1.29, 1.82) is 0 Å². The molecule has 0 aliphatic heterocycles. The monoisotopic (exact) mass is 241 g/mol. The van der Waals surface area contributed by atoms with Gasteiger partial charge in [0.2, 0.25) is 0 Å². The summed E-state index contributed by atoms with van der Waals surface area (Å²) in [4.78, 5) is 0. The van der Waals surface area contributed by atoms with Crippen LogP contribution in [0.5, 0.6) is 0 Å². The van der Waals surface area contributed by atoms with Crippen molar-refractivity contribution >= 4 is 12.9 Å². The van der Waals surface area contributed by atoms with Gasteiger partial charge in [-0.1, -0.05) is 76.2 Å². The quantitative estimate of drug-likeness (QED) is 0.590. The maximum Gasteiger partial charge on any atom is 0.112 e. The molecule has 0 aliphatic rings. The van der Waals surface area contributed by atoms with Crippen LogP contribution in [0.25, 0.3) is 5.57 Å². The molecular weight excluding hydrogens is 215 g/mol. The second-order valence-corrected chi connectivity index (χ2v) is 6.07. The van der Waals surface area contributed by atoms with Crippen LogP contribution in [0.2, 0.25) is 12.1 Å². The molecule has 0 saturated carbocycles. The predicted octanol–water partition coefficient (Wildman–Crippen LogP) is 5.34. The van der Waals surface area contributed by atoms with E-state index in [4.69, 9.17) is 0 Å². The molecule has 0 bridgehead atoms. The van der Waals surface area contributed by atoms with Gasteiger partial charge >= 0.3 is 0 Å². The first-order chi connectivity index (χ1) is 8.36. The van der Waals surface area contributed by atoms with Crippen molar-refractivity contribution in [2.45, 2.75) is 58.6 Å². The van der Waals surface area contributed by atoms with Gasteiger partial charge < -0.3 is 0 Å². The lowest BCUT2D eigenvalue weighted by Gasteiger charge is -2.29. The first-order valence-corrected chi connectivity index (χ1v) is 6.96. The number of benzene rings is 1. The third-order valence-electron chi connectivity index (χ3n) is 3.63. The number of allylic oxidation sites excluding steroid dienone is 1. The molecule has 1 aromatic rings. The number of hydrogen-bond acceptors (Lipinski definition) is 0. The lowest BCUT2D eigenvalue weighted by atomic mass is 9.58. The zero-order valence-electron chi connectivity index (χ0n) is 12.6. The van der Waals surface area contributed by atoms with Crippen molar-refractivity contribution in [3.63, 3.8) is 0 Å². The highest BCUT2D eigenvalue weighted by atomic mass is 14.2. The van der Waals surface area contributed by atoms with Crippen LogP contribution >= 0.6 is 0 Å². The smallest absolute Gasteiger partial charge is 0.0955 e. The first kappa shape index (κ1) is 15.1. The van der Waals surface area contributed by atoms with Gasteiger partial charge in [0.05, 0.1) is 0 Å². The summed E-state index contributed by atoms with van der Waals surface area (Å²) in [5.74, 6) is 0.672. The average molecular weight is 241 g/mol. The van der Waals surface area contributed by atoms with E-state index in [0.29, 0.717) is 5.82 Å². The van der Waals surface area contributed by atoms with E-state index in [2.05, 4.69) is 72.7 Å². The summed E-state index contributed by atoms with van der Waals surface area (Å²) in [6.45, 7) is 15.2. The third kappa shape index (κ3) is 4.05. The molecule has 1 heteroatoms. The molecule has 0 aromatic heterocycles. The highest BCUT2D eigenvalue weighted by Crippen LogP contribution is 2.33. The normalized spacial score (nSPS) is 13.2. The van der Waals surface area contributed by atoms with Gasteiger partial charge in [0.15, 0.2) is 0 Å². The Hall–Kier alpha value is -0.975. The van der Waals surface area contributed by atoms with Crippen LogP contribution in [0.15, 0.2) is 30.8 Å². The average Bonchev–Trinajstić information content (AvgIpc) is 2.28. The number of hydrogen-bond donors (Lipinski definition) is 0. The van der Waals surface area contributed by atoms with E-state index in [1.807, 2.05) is 0 Å². The van der Waals surface area contributed by atoms with Crippen LogP contribution in [-0.4, -0.2) is 7.28 Å². The third-order valence-corrected chi connectivity index (χ3v) is 3.63. The Labute approximate surface area is 114 Å². The van der Waals surface area contributed by atoms with Crippen molar-refractivity contribution < 1.29 is 0 Å². The van der Waals surface area contributed by atoms with E-state index in [-0.39, 0.29) is 5.41 Å². The highest BCUT2D eigenvalue weighted by molar-refractivity contribution is 6.37. The molecule has 1 unspecified atom stereocenters. The summed E-state index contributed by atoms with van der Waals surface area (Å²) in [6.07, 6.45) is 2.36. The molecule has 0 aliphatic carbocycles. The minimum absolute atomic E-state index is 0.235. The summed E-state index contributed by atoms with van der Waals surface area (Å²) in [5.41, 5.74) is 4.03. The zero-order chi connectivity index (χ0) is 13.8. The van der Waals surface area contributed by atoms with Gasteiger partial charge in [-0.2, -0.15) is 0 Å². The maximum atomic E-state index is 3.98. The summed E-state index contributed by atoms with van der Waals surface area (Å²) in [7, 11) is 2.41. The van der Waals surface area contributed by atoms with E-state index in [1.165, 1.54) is 17.5 Å². The Bertz CT molecular complexity index is 387. The fourth-order valence-electron chi connectivity index (χ4n) is 2.61. The topological polar surface area (TPSA) is 0 Å². The SMILES string of the molecule is C=C(C)c1ccc(C(C)(C)CC(C)[B]CC)cc1. The highest BCUT2D eigenvalue weighted by Gasteiger charge is 2.23. The molecule has 0 spiro atoms. The maximum absolute atomic E-state index is 3.98. The van der Waals surface area contributed by atoms with Crippen LogP contribution in [0.4, 0.5) is 0 Å². The van der Waals surface area contributed by atoms with Crippen LogP contribution in [0, 0.1) is 0 Å². The van der Waals surface area contributed by atoms with E-state index < -0.39 is 0 Å². The van der Waals surface area contributed by atoms with Crippen LogP contribution in [0.3, 0.4) is 0 Å². The minimum Gasteiger partial charge on any atom is -0.0955 e. The van der Waals surface area contributed by atoms with E-state index in [1.54, 1.807) is 0 Å². The molecule has 0 saturated heterocycles. The molecule has 1 rings (SSSR count). The Balaban J connectivity index is 2.81. The van der Waals surface area contributed by atoms with Crippen molar-refractivity contribution in [2.24, 2.45) is 0 Å². The van der Waals surface area contributed by atoms with Crippen molar-refractivity contribution in [3.8, 4) is 0 Å². The summed E-state index contributed by atoms with van der Waals surface area (Å²) in [6, 6.07) is 8.88. The van der Waals surface area contributed by atoms with Gasteiger partial charge in [-0.15, -0.1) is 0 Å². The molecule has 1 radical (unpaired) electrons. The second-order valence-electron chi connectivity index (χ2n) is 6.07. The zero-order valence-corrected chi connectivity index (χ0v) is 12.6. The molecular formula is C17H26B. The van der Waals surface area contributed by atoms with Crippen LogP contribution in [-0.2, 0) is 5.41 Å². The first-order valence-electron chi connectivity index (χ1n) is 6.96. The molecule has 18 heavy (non-hydrogen) atoms. The van der Waals surface area contributed by atoms with Crippen molar-refractivity contribution in [1.82, 2.24) is 0 Å². The summed E-state index contributed by atoms with van der Waals surface area (Å²) < 4.78 is 0. The molecule has 0 nitrogen and oxygen atoms in total. The fourth-order valence-corrected chi connectivity index (χ4v) is 2.61. The van der Waals surface area contributed by atoms with Crippen LogP contribution in [0.1, 0.15) is 52.2 Å². The predicted molar refractivity (Wildman–Crippen MR) is 84.5 cm³/mol. The van der Waals surface area contributed by atoms with Gasteiger partial charge in [-0.3, -0.25) is 0 Å². The standard InChI is InChI=1S/C17H26B/c1-7-18-14(4)12-17(5,6)16-10-8-15(9-11-16)13(2)3/h8-11,14H,2,7,12H2,1,3-6H3. The largest absolute Gasteiger partial charge is 0.112 e. The Morgan fingerprint density at radius 1 is 1.28 bits per heavy atom. The molecule has 0 N–H and O–H groups in total. The molecule has 1 atom stereocenters. The van der Waals surface area contributed by atoms with Gasteiger partial charge in [-0.05, 0) is 29.9 Å². The fraction of sp³-hybridized carbons (Fsp3) is 0.529. The molecule has 0 fully saturated rings. The van der Waals surface area contributed by atoms with Gasteiger partial charge in [0.1, 0.15) is 7.28 Å². The molecule has 1 aromatic carbocycles. The Morgan fingerprint density at radius 2 is 1.83 bits per heavy atom. The van der Waals surface area contributed by atoms with Crippen molar-refractivity contribution in [2.75, 3.05) is 0 Å². The van der Waals surface area contributed by atoms with Gasteiger partial charge in [-0.25, -0.2) is 0 Å². The second kappa shape index (κ2) is 6.27. The summed E-state index contributed by atoms with van der Waals surface area (Å²) in [5, 5.41) is 0. The Morgan fingerprint density at radius 3 is 2.28 bits per heavy atom. The van der Waals surface area contributed by atoms with Crippen molar-refractivity contribution in [3.05, 3.63) is 42.0 Å². The Kier molecular flexibility index (Phi) is 5.25. The van der Waals surface area contributed by atoms with E-state index in [9.17, 15) is 0 Å². The number of rotatable bonds is 6. The molecule has 97 valence electrons. The molecule has 0 amide bonds. The van der Waals surface area contributed by atoms with E-state index in [0.717, 1.165) is 11.9 Å². The van der Waals surface area contributed by atoms with Crippen LogP contribution < -0.4 is 0 Å². The van der Waals surface area contributed by atoms with Gasteiger partial charge in [0.25, 0.3) is 0 Å². The molecule has 0 heterocycles. The minimum atomic E-state index is 0.235. The van der Waals surface area contributed by atoms with E-state index >= 15 is 0 Å². The lowest BCUT2D eigenvalue weighted by molar-refractivity contribution is 0.471. The van der Waals surface area contributed by atoms with Gasteiger partial charge in [0, 0.05) is 0 Å². The lowest BCUT2D eigenvalue weighted by Crippen LogP contribution is -2.20.